The number of phenols is 2. The number of hydrogen-bond acceptors (Lipinski definition) is 5. The second kappa shape index (κ2) is 4.24. The first-order valence-corrected chi connectivity index (χ1v) is 6.14. The second-order valence-electron chi connectivity index (χ2n) is 4.84. The van der Waals surface area contributed by atoms with Gasteiger partial charge in [-0.15, -0.1) is 0 Å². The number of carbonyl (C=O) groups excluding carboxylic acids is 1. The van der Waals surface area contributed by atoms with Crippen LogP contribution in [-0.4, -0.2) is 20.7 Å². The highest BCUT2D eigenvalue weighted by atomic mass is 16.3. The van der Waals surface area contributed by atoms with Crippen molar-refractivity contribution in [3.63, 3.8) is 0 Å². The van der Waals surface area contributed by atoms with Crippen LogP contribution in [0.2, 0.25) is 0 Å². The van der Waals surface area contributed by atoms with Crippen molar-refractivity contribution in [2.24, 2.45) is 5.84 Å². The first-order valence-electron chi connectivity index (χ1n) is 6.14. The topological polar surface area (TPSA) is 118 Å². The zero-order chi connectivity index (χ0) is 14.4. The van der Waals surface area contributed by atoms with E-state index in [1.54, 1.807) is 4.57 Å². The smallest absolute Gasteiger partial charge is 0.270 e. The van der Waals surface area contributed by atoms with E-state index in [0.717, 1.165) is 12.8 Å². The van der Waals surface area contributed by atoms with Gasteiger partial charge < -0.3 is 14.8 Å². The van der Waals surface area contributed by atoms with Crippen LogP contribution >= 0.6 is 0 Å². The van der Waals surface area contributed by atoms with E-state index in [2.05, 4.69) is 0 Å². The van der Waals surface area contributed by atoms with E-state index in [1.807, 2.05) is 5.43 Å². The molecular weight excluding hydrogens is 262 g/mol. The number of aromatic nitrogens is 1. The molecule has 20 heavy (non-hydrogen) atoms. The van der Waals surface area contributed by atoms with Gasteiger partial charge in [-0.1, -0.05) is 0 Å². The molecule has 0 bridgehead atoms. The lowest BCUT2D eigenvalue weighted by atomic mass is 10.1. The number of aromatic hydroxyl groups is 2. The van der Waals surface area contributed by atoms with Gasteiger partial charge in [0.15, 0.2) is 11.5 Å². The van der Waals surface area contributed by atoms with E-state index < -0.39 is 17.1 Å². The third-order valence-corrected chi connectivity index (χ3v) is 3.44. The maximum atomic E-state index is 12.3. The van der Waals surface area contributed by atoms with Crippen molar-refractivity contribution in [3.05, 3.63) is 34.1 Å². The van der Waals surface area contributed by atoms with Crippen molar-refractivity contribution in [1.82, 2.24) is 9.99 Å². The largest absolute Gasteiger partial charge is 0.504 e. The SMILES string of the molecule is NNC(=O)c1cn(C2CC2)c2cc(O)c(O)cc2c1=O. The summed E-state index contributed by atoms with van der Waals surface area (Å²) in [5.74, 6) is 3.69. The molecule has 1 heterocycles. The lowest BCUT2D eigenvalue weighted by Gasteiger charge is -2.13. The maximum Gasteiger partial charge on any atom is 0.270 e. The molecule has 0 spiro atoms. The molecule has 5 N–H and O–H groups in total. The maximum absolute atomic E-state index is 12.3. The number of nitrogens with two attached hydrogens (primary N) is 1. The van der Waals surface area contributed by atoms with E-state index in [9.17, 15) is 19.8 Å². The van der Waals surface area contributed by atoms with E-state index in [4.69, 9.17) is 5.84 Å². The third kappa shape index (κ3) is 1.79. The van der Waals surface area contributed by atoms with Gasteiger partial charge in [0.05, 0.1) is 10.9 Å². The molecule has 1 aliphatic rings. The Kier molecular flexibility index (Phi) is 2.65. The van der Waals surface area contributed by atoms with E-state index >= 15 is 0 Å². The molecule has 1 aromatic heterocycles. The fraction of sp³-hybridized carbons (Fsp3) is 0.231. The number of nitrogen functional groups attached to an aromatic ring is 1. The summed E-state index contributed by atoms with van der Waals surface area (Å²) < 4.78 is 1.76. The molecule has 0 saturated heterocycles. The van der Waals surface area contributed by atoms with Crippen LogP contribution in [0.1, 0.15) is 29.2 Å². The lowest BCUT2D eigenvalue weighted by Crippen LogP contribution is -2.34. The highest BCUT2D eigenvalue weighted by Gasteiger charge is 2.27. The fourth-order valence-electron chi connectivity index (χ4n) is 2.27. The first-order chi connectivity index (χ1) is 9.52. The van der Waals surface area contributed by atoms with Crippen molar-refractivity contribution >= 4 is 16.8 Å². The van der Waals surface area contributed by atoms with Gasteiger partial charge in [0.2, 0.25) is 5.43 Å². The summed E-state index contributed by atoms with van der Waals surface area (Å²) in [6.45, 7) is 0. The van der Waals surface area contributed by atoms with Crippen LogP contribution in [0.25, 0.3) is 10.9 Å². The van der Waals surface area contributed by atoms with Crippen LogP contribution in [0.3, 0.4) is 0 Å². The number of nitrogens with one attached hydrogen (secondary N) is 1. The number of hydrazine groups is 1. The molecule has 104 valence electrons. The molecule has 2 aromatic rings. The van der Waals surface area contributed by atoms with E-state index in [-0.39, 0.29) is 22.7 Å². The zero-order valence-electron chi connectivity index (χ0n) is 10.5. The molecule has 1 aliphatic carbocycles. The minimum absolute atomic E-state index is 0.0861. The number of amides is 1. The van der Waals surface area contributed by atoms with Crippen molar-refractivity contribution in [3.8, 4) is 11.5 Å². The minimum Gasteiger partial charge on any atom is -0.504 e. The first kappa shape index (κ1) is 12.5. The molecule has 7 nitrogen and oxygen atoms in total. The summed E-state index contributed by atoms with van der Waals surface area (Å²) >= 11 is 0. The summed E-state index contributed by atoms with van der Waals surface area (Å²) in [6.07, 6.45) is 3.31. The summed E-state index contributed by atoms with van der Waals surface area (Å²) in [6, 6.07) is 2.68. The van der Waals surface area contributed by atoms with Crippen LogP contribution in [0.5, 0.6) is 11.5 Å². The molecule has 1 saturated carbocycles. The van der Waals surface area contributed by atoms with Crippen LogP contribution in [-0.2, 0) is 0 Å². The molecule has 0 unspecified atom stereocenters. The Hall–Kier alpha value is -2.54. The molecule has 1 aromatic carbocycles. The Morgan fingerprint density at radius 2 is 1.95 bits per heavy atom. The Morgan fingerprint density at radius 3 is 2.55 bits per heavy atom. The lowest BCUT2D eigenvalue weighted by molar-refractivity contribution is 0.0952. The highest BCUT2D eigenvalue weighted by molar-refractivity contribution is 5.97. The fourth-order valence-corrected chi connectivity index (χ4v) is 2.27. The molecule has 0 atom stereocenters. The monoisotopic (exact) mass is 275 g/mol. The van der Waals surface area contributed by atoms with E-state index in [0.29, 0.717) is 5.52 Å². The predicted octanol–water partition coefficient (Wildman–Crippen LogP) is 0.351. The third-order valence-electron chi connectivity index (χ3n) is 3.44. The average molecular weight is 275 g/mol. The van der Waals surface area contributed by atoms with Crippen molar-refractivity contribution in [1.29, 1.82) is 0 Å². The average Bonchev–Trinajstić information content (AvgIpc) is 3.25. The Morgan fingerprint density at radius 1 is 1.30 bits per heavy atom. The Labute approximate surface area is 113 Å². The Balaban J connectivity index is 2.40. The quantitative estimate of drug-likeness (QED) is 0.273. The molecular formula is C13H13N3O4. The van der Waals surface area contributed by atoms with Gasteiger partial charge in [-0.2, -0.15) is 0 Å². The molecule has 1 amide bonds. The molecule has 0 aliphatic heterocycles. The summed E-state index contributed by atoms with van der Waals surface area (Å²) in [5, 5.41) is 19.3. The standard InChI is InChI=1S/C13H13N3O4/c14-15-13(20)8-5-16(6-1-2-6)9-4-11(18)10(17)3-7(9)12(8)19/h3-6,17-18H,1-2,14H2,(H,15,20). The van der Waals surface area contributed by atoms with Crippen LogP contribution in [0.4, 0.5) is 0 Å². The molecule has 3 rings (SSSR count). The summed E-state index contributed by atoms with van der Waals surface area (Å²) in [4.78, 5) is 23.9. The van der Waals surface area contributed by atoms with E-state index in [1.165, 1.54) is 18.3 Å². The molecule has 7 heteroatoms. The number of carbonyl (C=O) groups is 1. The van der Waals surface area contributed by atoms with Crippen LogP contribution in [0.15, 0.2) is 23.1 Å². The second-order valence-corrected chi connectivity index (χ2v) is 4.84. The molecule has 1 fully saturated rings. The molecule has 0 radical (unpaired) electrons. The van der Waals surface area contributed by atoms with Gasteiger partial charge in [0.25, 0.3) is 5.91 Å². The van der Waals surface area contributed by atoms with Crippen molar-refractivity contribution < 1.29 is 15.0 Å². The zero-order valence-corrected chi connectivity index (χ0v) is 10.5. The van der Waals surface area contributed by atoms with Crippen LogP contribution in [0, 0.1) is 0 Å². The summed E-state index contributed by atoms with van der Waals surface area (Å²) in [7, 11) is 0. The normalized spacial score (nSPS) is 14.4. The number of nitrogens with zero attached hydrogens (tertiary/aromatic N) is 1. The van der Waals surface area contributed by atoms with Gasteiger partial charge in [-0.05, 0) is 18.9 Å². The van der Waals surface area contributed by atoms with Gasteiger partial charge in [0, 0.05) is 18.3 Å². The van der Waals surface area contributed by atoms with Gasteiger partial charge >= 0.3 is 0 Å². The van der Waals surface area contributed by atoms with Crippen LogP contribution < -0.4 is 16.7 Å². The number of hydrogen-bond donors (Lipinski definition) is 4. The number of fused-ring (bicyclic) bond motifs is 1. The van der Waals surface area contributed by atoms with Gasteiger partial charge in [-0.25, -0.2) is 5.84 Å². The highest BCUT2D eigenvalue weighted by Crippen LogP contribution is 2.38. The summed E-state index contributed by atoms with van der Waals surface area (Å²) in [5.41, 5.74) is 1.80. The number of pyridine rings is 1. The number of rotatable bonds is 2. The number of phenolic OH excluding ortho intramolecular Hbond substituents is 2. The minimum atomic E-state index is -0.682. The number of benzene rings is 1. The van der Waals surface area contributed by atoms with Crippen molar-refractivity contribution in [2.45, 2.75) is 18.9 Å². The Bertz CT molecular complexity index is 777. The van der Waals surface area contributed by atoms with Crippen molar-refractivity contribution in [2.75, 3.05) is 0 Å². The van der Waals surface area contributed by atoms with Gasteiger partial charge in [0.1, 0.15) is 5.56 Å². The predicted molar refractivity (Wildman–Crippen MR) is 71.5 cm³/mol. The van der Waals surface area contributed by atoms with Gasteiger partial charge in [-0.3, -0.25) is 15.0 Å².